The molecule has 2 aromatic rings. The van der Waals surface area contributed by atoms with E-state index < -0.39 is 0 Å². The lowest BCUT2D eigenvalue weighted by Crippen LogP contribution is -2.20. The quantitative estimate of drug-likeness (QED) is 0.878. The Hall–Kier alpha value is -0.870. The van der Waals surface area contributed by atoms with Crippen LogP contribution < -0.4 is 0 Å². The van der Waals surface area contributed by atoms with Gasteiger partial charge < -0.3 is 10.0 Å². The number of benzene rings is 1. The zero-order valence-corrected chi connectivity index (χ0v) is 12.7. The van der Waals surface area contributed by atoms with Crippen molar-refractivity contribution in [3.63, 3.8) is 0 Å². The Morgan fingerprint density at radius 1 is 1.16 bits per heavy atom. The number of aliphatic hydroxyl groups is 1. The Morgan fingerprint density at radius 2 is 1.89 bits per heavy atom. The summed E-state index contributed by atoms with van der Waals surface area (Å²) in [6.45, 7) is 1.83. The molecule has 0 saturated heterocycles. The second-order valence-electron chi connectivity index (χ2n) is 4.54. The second kappa shape index (κ2) is 8.33. The third-order valence-corrected chi connectivity index (χ3v) is 3.92. The fourth-order valence-corrected chi connectivity index (χ4v) is 2.69. The molecule has 2 rings (SSSR count). The highest BCUT2D eigenvalue weighted by atomic mass is 35.5. The highest BCUT2D eigenvalue weighted by Crippen LogP contribution is 2.21. The Morgan fingerprint density at radius 3 is 2.53 bits per heavy atom. The maximum Gasteiger partial charge on any atom is 0.0894 e. The highest BCUT2D eigenvalue weighted by molar-refractivity contribution is 7.10. The third-order valence-electron chi connectivity index (χ3n) is 2.95. The van der Waals surface area contributed by atoms with Gasteiger partial charge in [0, 0.05) is 18.0 Å². The van der Waals surface area contributed by atoms with E-state index in [0.717, 1.165) is 24.4 Å². The molecule has 104 valence electrons. The molecule has 0 bridgehead atoms. The molecule has 0 aliphatic rings. The van der Waals surface area contributed by atoms with Crippen LogP contribution in [-0.2, 0) is 6.54 Å². The number of aliphatic hydroxyl groups excluding tert-OH is 1. The minimum Gasteiger partial charge on any atom is -0.388 e. The largest absolute Gasteiger partial charge is 0.388 e. The first-order valence-corrected chi connectivity index (χ1v) is 7.07. The first-order chi connectivity index (χ1) is 8.75. The summed E-state index contributed by atoms with van der Waals surface area (Å²) in [6, 6.07) is 14.4. The molecule has 0 spiro atoms. The third kappa shape index (κ3) is 5.33. The SMILES string of the molecule is CN(CC[C@H](O)c1cccs1)Cc1ccccc1.Cl. The Kier molecular flexibility index (Phi) is 7.10. The lowest BCUT2D eigenvalue weighted by Gasteiger charge is -2.18. The molecule has 2 nitrogen and oxygen atoms in total. The topological polar surface area (TPSA) is 23.5 Å². The van der Waals surface area contributed by atoms with Crippen LogP contribution in [0.25, 0.3) is 0 Å². The van der Waals surface area contributed by atoms with Crippen LogP contribution >= 0.6 is 23.7 Å². The number of rotatable bonds is 6. The molecular formula is C15H20ClNOS. The molecule has 1 aromatic heterocycles. The Balaban J connectivity index is 0.00000180. The van der Waals surface area contributed by atoms with Crippen molar-refractivity contribution in [2.24, 2.45) is 0 Å². The van der Waals surface area contributed by atoms with Crippen molar-refractivity contribution >= 4 is 23.7 Å². The number of halogens is 1. The van der Waals surface area contributed by atoms with Gasteiger partial charge >= 0.3 is 0 Å². The van der Waals surface area contributed by atoms with E-state index in [9.17, 15) is 5.11 Å². The summed E-state index contributed by atoms with van der Waals surface area (Å²) in [5, 5.41) is 12.0. The summed E-state index contributed by atoms with van der Waals surface area (Å²) < 4.78 is 0. The predicted molar refractivity (Wildman–Crippen MR) is 83.9 cm³/mol. The summed E-state index contributed by atoms with van der Waals surface area (Å²) in [4.78, 5) is 3.30. The van der Waals surface area contributed by atoms with Crippen molar-refractivity contribution in [1.29, 1.82) is 0 Å². The summed E-state index contributed by atoms with van der Waals surface area (Å²) >= 11 is 1.62. The fourth-order valence-electron chi connectivity index (χ4n) is 1.94. The first kappa shape index (κ1) is 16.2. The van der Waals surface area contributed by atoms with Crippen LogP contribution in [0, 0.1) is 0 Å². The van der Waals surface area contributed by atoms with E-state index in [1.807, 2.05) is 23.6 Å². The second-order valence-corrected chi connectivity index (χ2v) is 5.52. The van der Waals surface area contributed by atoms with Crippen LogP contribution in [0.5, 0.6) is 0 Å². The van der Waals surface area contributed by atoms with E-state index in [2.05, 4.69) is 36.2 Å². The van der Waals surface area contributed by atoms with Crippen LogP contribution in [0.2, 0.25) is 0 Å². The van der Waals surface area contributed by atoms with Gasteiger partial charge in [-0.25, -0.2) is 0 Å². The summed E-state index contributed by atoms with van der Waals surface area (Å²) in [5.74, 6) is 0. The van der Waals surface area contributed by atoms with Gasteiger partial charge in [-0.15, -0.1) is 23.7 Å². The van der Waals surface area contributed by atoms with Gasteiger partial charge in [0.15, 0.2) is 0 Å². The lowest BCUT2D eigenvalue weighted by molar-refractivity contribution is 0.151. The zero-order chi connectivity index (χ0) is 12.8. The molecule has 1 N–H and O–H groups in total. The molecule has 19 heavy (non-hydrogen) atoms. The van der Waals surface area contributed by atoms with Gasteiger partial charge in [0.25, 0.3) is 0 Å². The van der Waals surface area contributed by atoms with Crippen molar-refractivity contribution in [3.8, 4) is 0 Å². The fraction of sp³-hybridized carbons (Fsp3) is 0.333. The summed E-state index contributed by atoms with van der Waals surface area (Å²) in [7, 11) is 2.09. The minimum absolute atomic E-state index is 0. The molecule has 0 saturated carbocycles. The molecule has 0 fully saturated rings. The van der Waals surface area contributed by atoms with Crippen molar-refractivity contribution in [2.45, 2.75) is 19.1 Å². The maximum atomic E-state index is 10.0. The van der Waals surface area contributed by atoms with E-state index in [1.54, 1.807) is 11.3 Å². The normalized spacial score (nSPS) is 12.2. The van der Waals surface area contributed by atoms with E-state index in [4.69, 9.17) is 0 Å². The van der Waals surface area contributed by atoms with Crippen LogP contribution in [0.3, 0.4) is 0 Å². The maximum absolute atomic E-state index is 10.0. The monoisotopic (exact) mass is 297 g/mol. The van der Waals surface area contributed by atoms with Gasteiger partial charge in [-0.2, -0.15) is 0 Å². The molecule has 1 aromatic carbocycles. The van der Waals surface area contributed by atoms with Gasteiger partial charge in [-0.3, -0.25) is 0 Å². The van der Waals surface area contributed by atoms with Gasteiger partial charge in [0.1, 0.15) is 0 Å². The number of hydrogen-bond donors (Lipinski definition) is 1. The first-order valence-electron chi connectivity index (χ1n) is 6.19. The van der Waals surface area contributed by atoms with Crippen molar-refractivity contribution in [2.75, 3.05) is 13.6 Å². The van der Waals surface area contributed by atoms with Crippen LogP contribution in [-0.4, -0.2) is 23.6 Å². The molecule has 1 atom stereocenters. The predicted octanol–water partition coefficient (Wildman–Crippen LogP) is 3.73. The molecule has 0 radical (unpaired) electrons. The smallest absolute Gasteiger partial charge is 0.0894 e. The van der Waals surface area contributed by atoms with Crippen molar-refractivity contribution in [1.82, 2.24) is 4.90 Å². The average Bonchev–Trinajstić information content (AvgIpc) is 2.91. The molecule has 0 amide bonds. The lowest BCUT2D eigenvalue weighted by atomic mass is 10.2. The van der Waals surface area contributed by atoms with E-state index in [0.29, 0.717) is 0 Å². The number of thiophene rings is 1. The molecular weight excluding hydrogens is 278 g/mol. The van der Waals surface area contributed by atoms with Crippen molar-refractivity contribution < 1.29 is 5.11 Å². The zero-order valence-electron chi connectivity index (χ0n) is 11.0. The number of nitrogens with zero attached hydrogens (tertiary/aromatic N) is 1. The highest BCUT2D eigenvalue weighted by Gasteiger charge is 2.09. The van der Waals surface area contributed by atoms with Crippen LogP contribution in [0.4, 0.5) is 0 Å². The van der Waals surface area contributed by atoms with E-state index in [-0.39, 0.29) is 18.5 Å². The van der Waals surface area contributed by atoms with Gasteiger partial charge in [-0.1, -0.05) is 36.4 Å². The molecule has 0 unspecified atom stereocenters. The van der Waals surface area contributed by atoms with E-state index in [1.165, 1.54) is 5.56 Å². The van der Waals surface area contributed by atoms with Gasteiger partial charge in [0.05, 0.1) is 6.10 Å². The van der Waals surface area contributed by atoms with Gasteiger partial charge in [-0.05, 0) is 30.5 Å². The number of hydrogen-bond acceptors (Lipinski definition) is 3. The molecule has 0 aliphatic carbocycles. The van der Waals surface area contributed by atoms with Gasteiger partial charge in [0.2, 0.25) is 0 Å². The molecule has 1 heterocycles. The van der Waals surface area contributed by atoms with E-state index >= 15 is 0 Å². The molecule has 0 aliphatic heterocycles. The summed E-state index contributed by atoms with van der Waals surface area (Å²) in [6.07, 6.45) is 0.451. The Labute approximate surface area is 125 Å². The Bertz CT molecular complexity index is 446. The van der Waals surface area contributed by atoms with Crippen LogP contribution in [0.15, 0.2) is 47.8 Å². The standard InChI is InChI=1S/C15H19NOS.ClH/c1-16(12-13-6-3-2-4-7-13)10-9-14(17)15-8-5-11-18-15;/h2-8,11,14,17H,9-10,12H2,1H3;1H/t14-;/m0./s1. The average molecular weight is 298 g/mol. The molecule has 4 heteroatoms. The van der Waals surface area contributed by atoms with Crippen LogP contribution in [0.1, 0.15) is 23.0 Å². The summed E-state index contributed by atoms with van der Waals surface area (Å²) in [5.41, 5.74) is 1.31. The van der Waals surface area contributed by atoms with Crippen molar-refractivity contribution in [3.05, 3.63) is 58.3 Å². The minimum atomic E-state index is -0.330.